The summed E-state index contributed by atoms with van der Waals surface area (Å²) in [6.45, 7) is 2.06. The number of ether oxygens (including phenoxy) is 1. The minimum absolute atomic E-state index is 0.0840. The molecule has 158 valence electrons. The number of halogens is 1. The second kappa shape index (κ2) is 9.19. The normalized spacial score (nSPS) is 23.0. The second-order valence-corrected chi connectivity index (χ2v) is 8.51. The minimum atomic E-state index is -1.04. The highest BCUT2D eigenvalue weighted by Crippen LogP contribution is 2.47. The number of nitrogens with zero attached hydrogens (tertiary/aromatic N) is 2. The van der Waals surface area contributed by atoms with Gasteiger partial charge in [0, 0.05) is 31.8 Å². The lowest BCUT2D eigenvalue weighted by molar-refractivity contribution is -0.128. The van der Waals surface area contributed by atoms with Crippen LogP contribution < -0.4 is 5.32 Å². The van der Waals surface area contributed by atoms with Crippen molar-refractivity contribution in [3.05, 3.63) is 70.7 Å². The first-order valence-electron chi connectivity index (χ1n) is 10.5. The van der Waals surface area contributed by atoms with Crippen LogP contribution in [0.3, 0.4) is 0 Å². The topological polar surface area (TPSA) is 53.9 Å². The summed E-state index contributed by atoms with van der Waals surface area (Å²) >= 11 is 6.16. The van der Waals surface area contributed by atoms with E-state index in [1.54, 1.807) is 7.11 Å². The molecule has 0 bridgehead atoms. The molecular weight excluding hydrogens is 398 g/mol. The van der Waals surface area contributed by atoms with Crippen molar-refractivity contribution in [2.24, 2.45) is 10.9 Å². The summed E-state index contributed by atoms with van der Waals surface area (Å²) in [5.41, 5.74) is 0.883. The molecule has 1 heterocycles. The van der Waals surface area contributed by atoms with E-state index in [9.17, 15) is 4.79 Å². The zero-order chi connectivity index (χ0) is 21.0. The van der Waals surface area contributed by atoms with Crippen LogP contribution in [-0.2, 0) is 15.1 Å². The Morgan fingerprint density at radius 1 is 1.20 bits per heavy atom. The molecule has 6 heteroatoms. The fourth-order valence-corrected chi connectivity index (χ4v) is 4.29. The molecule has 4 rings (SSSR count). The van der Waals surface area contributed by atoms with Crippen LogP contribution in [0.2, 0.25) is 5.02 Å². The van der Waals surface area contributed by atoms with E-state index in [1.807, 2.05) is 60.9 Å². The van der Waals surface area contributed by atoms with E-state index in [1.165, 1.54) is 12.8 Å². The van der Waals surface area contributed by atoms with Gasteiger partial charge in [0.2, 0.25) is 0 Å². The first-order chi connectivity index (χ1) is 14.6. The van der Waals surface area contributed by atoms with Crippen LogP contribution in [0, 0.1) is 5.92 Å². The average Bonchev–Trinajstić information content (AvgIpc) is 3.51. The van der Waals surface area contributed by atoms with Crippen LogP contribution in [-0.4, -0.2) is 44.0 Å². The van der Waals surface area contributed by atoms with Gasteiger partial charge in [-0.05, 0) is 48.4 Å². The van der Waals surface area contributed by atoms with Crippen molar-refractivity contribution in [2.45, 2.75) is 30.8 Å². The van der Waals surface area contributed by atoms with Gasteiger partial charge in [0.15, 0.2) is 5.54 Å². The van der Waals surface area contributed by atoms with Gasteiger partial charge in [0.25, 0.3) is 5.91 Å². The Labute approximate surface area is 183 Å². The minimum Gasteiger partial charge on any atom is -0.385 e. The summed E-state index contributed by atoms with van der Waals surface area (Å²) in [5.74, 6) is 0.585. The summed E-state index contributed by atoms with van der Waals surface area (Å²) in [7, 11) is 1.67. The molecule has 2 aromatic rings. The zero-order valence-corrected chi connectivity index (χ0v) is 18.0. The third-order valence-electron chi connectivity index (χ3n) is 5.86. The molecule has 1 fully saturated rings. The van der Waals surface area contributed by atoms with Crippen molar-refractivity contribution < 1.29 is 9.53 Å². The van der Waals surface area contributed by atoms with Crippen LogP contribution in [0.4, 0.5) is 0 Å². The molecule has 2 atom stereocenters. The van der Waals surface area contributed by atoms with E-state index in [4.69, 9.17) is 21.3 Å². The molecule has 1 saturated carbocycles. The van der Waals surface area contributed by atoms with Gasteiger partial charge in [-0.3, -0.25) is 9.79 Å². The van der Waals surface area contributed by atoms with E-state index < -0.39 is 5.54 Å². The van der Waals surface area contributed by atoms with Crippen LogP contribution >= 0.6 is 11.6 Å². The molecule has 30 heavy (non-hydrogen) atoms. The lowest BCUT2D eigenvalue weighted by Gasteiger charge is -2.37. The average molecular weight is 426 g/mol. The maximum absolute atomic E-state index is 13.7. The number of carbonyl (C=O) groups excluding carboxylic acids is 1. The first kappa shape index (κ1) is 20.9. The second-order valence-electron chi connectivity index (χ2n) is 8.07. The summed E-state index contributed by atoms with van der Waals surface area (Å²) in [4.78, 5) is 20.9. The van der Waals surface area contributed by atoms with Gasteiger partial charge >= 0.3 is 0 Å². The van der Waals surface area contributed by atoms with Crippen molar-refractivity contribution >= 4 is 23.8 Å². The highest BCUT2D eigenvalue weighted by molar-refractivity contribution is 6.30. The van der Waals surface area contributed by atoms with E-state index in [0.29, 0.717) is 24.1 Å². The number of rotatable bonds is 9. The Bertz CT molecular complexity index is 883. The van der Waals surface area contributed by atoms with E-state index in [-0.39, 0.29) is 11.9 Å². The maximum Gasteiger partial charge on any atom is 0.255 e. The van der Waals surface area contributed by atoms with Crippen molar-refractivity contribution in [1.29, 1.82) is 0 Å². The number of carbonyl (C=O) groups is 1. The maximum atomic E-state index is 13.7. The van der Waals surface area contributed by atoms with Crippen molar-refractivity contribution in [3.8, 4) is 0 Å². The van der Waals surface area contributed by atoms with Gasteiger partial charge in [0.1, 0.15) is 0 Å². The number of amides is 1. The molecule has 0 saturated heterocycles. The largest absolute Gasteiger partial charge is 0.385 e. The molecule has 1 aliphatic heterocycles. The van der Waals surface area contributed by atoms with Crippen molar-refractivity contribution in [3.63, 3.8) is 0 Å². The molecule has 1 aliphatic carbocycles. The molecule has 1 N–H and O–H groups in total. The molecule has 0 radical (unpaired) electrons. The molecule has 2 aliphatic rings. The van der Waals surface area contributed by atoms with Crippen LogP contribution in [0.5, 0.6) is 0 Å². The third-order valence-corrected chi connectivity index (χ3v) is 6.11. The number of methoxy groups -OCH3 is 1. The predicted octanol–water partition coefficient (Wildman–Crippen LogP) is 4.18. The summed E-state index contributed by atoms with van der Waals surface area (Å²) < 4.78 is 5.13. The molecule has 1 amide bonds. The van der Waals surface area contributed by atoms with Gasteiger partial charge in [-0.15, -0.1) is 0 Å². The monoisotopic (exact) mass is 425 g/mol. The summed E-state index contributed by atoms with van der Waals surface area (Å²) in [6, 6.07) is 17.5. The van der Waals surface area contributed by atoms with Crippen LogP contribution in [0.15, 0.2) is 59.6 Å². The molecule has 0 spiro atoms. The summed E-state index contributed by atoms with van der Waals surface area (Å²) in [5, 5.41) is 3.80. The number of aliphatic imine (C=N–C) groups is 1. The van der Waals surface area contributed by atoms with Gasteiger partial charge in [-0.1, -0.05) is 54.1 Å². The first-order valence-corrected chi connectivity index (χ1v) is 10.9. The fraction of sp³-hybridized carbons (Fsp3) is 0.417. The Balaban J connectivity index is 1.74. The Morgan fingerprint density at radius 2 is 1.93 bits per heavy atom. The number of hydrogen-bond acceptors (Lipinski definition) is 4. The Hall–Kier alpha value is -2.37. The number of nitrogens with one attached hydrogen (secondary N) is 1. The van der Waals surface area contributed by atoms with E-state index in [0.717, 1.165) is 24.1 Å². The Kier molecular flexibility index (Phi) is 6.40. The van der Waals surface area contributed by atoms with Crippen molar-refractivity contribution in [1.82, 2.24) is 10.2 Å². The van der Waals surface area contributed by atoms with Crippen LogP contribution in [0.25, 0.3) is 0 Å². The third kappa shape index (κ3) is 4.23. The number of hydrogen-bond donors (Lipinski definition) is 1. The lowest BCUT2D eigenvalue weighted by atomic mass is 9.79. The molecule has 5 nitrogen and oxygen atoms in total. The van der Waals surface area contributed by atoms with E-state index in [2.05, 4.69) is 10.2 Å². The SMILES string of the molecule is COCCCNC(=O)[C@]1(c2ccccc2)N=CN(CC2CC2)[C@H]1c1ccc(Cl)cc1. The van der Waals surface area contributed by atoms with E-state index >= 15 is 0 Å². The standard InChI is InChI=1S/C24H28ClN3O2/c1-30-15-5-14-26-23(29)24(20-6-3-2-4-7-20)22(19-10-12-21(25)13-11-19)28(17-27-24)16-18-8-9-18/h2-4,6-7,10-13,17-18,22H,5,8-9,14-16H2,1H3,(H,26,29)/t22-,24+/m0/s1. The highest BCUT2D eigenvalue weighted by atomic mass is 35.5. The molecule has 2 aromatic carbocycles. The molecule has 0 aromatic heterocycles. The quantitative estimate of drug-likeness (QED) is 0.613. The zero-order valence-electron chi connectivity index (χ0n) is 17.3. The fourth-order valence-electron chi connectivity index (χ4n) is 4.16. The highest BCUT2D eigenvalue weighted by Gasteiger charge is 2.53. The molecular formula is C24H28ClN3O2. The Morgan fingerprint density at radius 3 is 2.60 bits per heavy atom. The number of benzene rings is 2. The molecule has 0 unspecified atom stereocenters. The smallest absolute Gasteiger partial charge is 0.255 e. The van der Waals surface area contributed by atoms with Gasteiger partial charge in [-0.2, -0.15) is 0 Å². The van der Waals surface area contributed by atoms with Crippen molar-refractivity contribution in [2.75, 3.05) is 26.8 Å². The van der Waals surface area contributed by atoms with Gasteiger partial charge in [-0.25, -0.2) is 0 Å². The lowest BCUT2D eigenvalue weighted by Crippen LogP contribution is -2.49. The van der Waals surface area contributed by atoms with Gasteiger partial charge in [0.05, 0.1) is 12.4 Å². The predicted molar refractivity (Wildman–Crippen MR) is 120 cm³/mol. The summed E-state index contributed by atoms with van der Waals surface area (Å²) in [6.07, 6.45) is 5.10. The van der Waals surface area contributed by atoms with Gasteiger partial charge < -0.3 is 15.0 Å². The van der Waals surface area contributed by atoms with Crippen LogP contribution in [0.1, 0.15) is 36.4 Å².